The van der Waals surface area contributed by atoms with E-state index in [0.717, 1.165) is 31.7 Å². The van der Waals surface area contributed by atoms with E-state index in [0.29, 0.717) is 12.3 Å². The van der Waals surface area contributed by atoms with Gasteiger partial charge >= 0.3 is 5.97 Å². The SMILES string of the molecule is CCCNC1(CC(=O)OC)CCCC(C(C)C)C1. The van der Waals surface area contributed by atoms with Gasteiger partial charge in [0.1, 0.15) is 0 Å². The Morgan fingerprint density at radius 2 is 2.22 bits per heavy atom. The quantitative estimate of drug-likeness (QED) is 0.741. The fourth-order valence-electron chi connectivity index (χ4n) is 3.10. The molecule has 3 nitrogen and oxygen atoms in total. The minimum Gasteiger partial charge on any atom is -0.469 e. The van der Waals surface area contributed by atoms with Crippen LogP contribution in [-0.4, -0.2) is 25.2 Å². The molecule has 0 spiro atoms. The average Bonchev–Trinajstić information content (AvgIpc) is 2.36. The van der Waals surface area contributed by atoms with Crippen molar-refractivity contribution in [1.29, 1.82) is 0 Å². The van der Waals surface area contributed by atoms with Crippen LogP contribution >= 0.6 is 0 Å². The molecular formula is C15H29NO2. The number of methoxy groups -OCH3 is 1. The second-order valence-electron chi connectivity index (χ2n) is 6.06. The molecule has 0 heterocycles. The van der Waals surface area contributed by atoms with E-state index in [4.69, 9.17) is 4.74 Å². The molecule has 1 rings (SSSR count). The molecule has 0 aromatic carbocycles. The highest BCUT2D eigenvalue weighted by molar-refractivity contribution is 5.70. The third-order valence-corrected chi connectivity index (χ3v) is 4.29. The Bertz CT molecular complexity index is 265. The molecule has 1 fully saturated rings. The highest BCUT2D eigenvalue weighted by Crippen LogP contribution is 2.38. The third kappa shape index (κ3) is 4.27. The van der Waals surface area contributed by atoms with Crippen molar-refractivity contribution in [3.8, 4) is 0 Å². The first-order valence-electron chi connectivity index (χ1n) is 7.35. The van der Waals surface area contributed by atoms with E-state index in [1.54, 1.807) is 0 Å². The predicted octanol–water partition coefficient (Wildman–Crippen LogP) is 3.13. The second kappa shape index (κ2) is 7.13. The molecule has 2 unspecified atom stereocenters. The van der Waals surface area contributed by atoms with Crippen LogP contribution in [0.25, 0.3) is 0 Å². The maximum Gasteiger partial charge on any atom is 0.307 e. The van der Waals surface area contributed by atoms with Crippen molar-refractivity contribution in [1.82, 2.24) is 5.32 Å². The zero-order valence-corrected chi connectivity index (χ0v) is 12.4. The Labute approximate surface area is 112 Å². The Morgan fingerprint density at radius 1 is 1.50 bits per heavy atom. The summed E-state index contributed by atoms with van der Waals surface area (Å²) in [5.41, 5.74) is -0.0176. The Kier molecular flexibility index (Phi) is 6.13. The number of ether oxygens (including phenoxy) is 1. The summed E-state index contributed by atoms with van der Waals surface area (Å²) in [6.45, 7) is 7.74. The summed E-state index contributed by atoms with van der Waals surface area (Å²) in [6.07, 6.45) is 6.36. The van der Waals surface area contributed by atoms with Gasteiger partial charge in [0.05, 0.1) is 13.5 Å². The van der Waals surface area contributed by atoms with E-state index in [1.807, 2.05) is 0 Å². The molecule has 2 atom stereocenters. The Balaban J connectivity index is 2.72. The Morgan fingerprint density at radius 3 is 2.78 bits per heavy atom. The lowest BCUT2D eigenvalue weighted by Gasteiger charge is -2.42. The number of hydrogen-bond donors (Lipinski definition) is 1. The fraction of sp³-hybridized carbons (Fsp3) is 0.933. The number of carbonyl (C=O) groups is 1. The molecule has 3 heteroatoms. The third-order valence-electron chi connectivity index (χ3n) is 4.29. The molecule has 0 aromatic rings. The first-order chi connectivity index (χ1) is 8.53. The van der Waals surface area contributed by atoms with Crippen molar-refractivity contribution in [2.24, 2.45) is 11.8 Å². The minimum atomic E-state index is -0.0805. The van der Waals surface area contributed by atoms with Crippen LogP contribution < -0.4 is 5.32 Å². The first kappa shape index (κ1) is 15.5. The van der Waals surface area contributed by atoms with E-state index in [9.17, 15) is 4.79 Å². The zero-order chi connectivity index (χ0) is 13.6. The summed E-state index contributed by atoms with van der Waals surface area (Å²) in [4.78, 5) is 11.7. The van der Waals surface area contributed by atoms with Crippen molar-refractivity contribution in [3.63, 3.8) is 0 Å². The predicted molar refractivity (Wildman–Crippen MR) is 74.5 cm³/mol. The lowest BCUT2D eigenvalue weighted by atomic mass is 9.70. The monoisotopic (exact) mass is 255 g/mol. The van der Waals surface area contributed by atoms with Crippen molar-refractivity contribution in [2.75, 3.05) is 13.7 Å². The van der Waals surface area contributed by atoms with Crippen LogP contribution in [0.3, 0.4) is 0 Å². The molecule has 106 valence electrons. The highest BCUT2D eigenvalue weighted by atomic mass is 16.5. The van der Waals surface area contributed by atoms with Crippen molar-refractivity contribution >= 4 is 5.97 Å². The maximum absolute atomic E-state index is 11.7. The largest absolute Gasteiger partial charge is 0.469 e. The highest BCUT2D eigenvalue weighted by Gasteiger charge is 2.38. The fourth-order valence-corrected chi connectivity index (χ4v) is 3.10. The minimum absolute atomic E-state index is 0.0176. The van der Waals surface area contributed by atoms with Crippen LogP contribution in [0.5, 0.6) is 0 Å². The number of carbonyl (C=O) groups excluding carboxylic acids is 1. The average molecular weight is 255 g/mol. The first-order valence-corrected chi connectivity index (χ1v) is 7.35. The van der Waals surface area contributed by atoms with Gasteiger partial charge in [-0.05, 0) is 37.6 Å². The normalized spacial score (nSPS) is 28.4. The molecule has 1 aliphatic carbocycles. The topological polar surface area (TPSA) is 38.3 Å². The summed E-state index contributed by atoms with van der Waals surface area (Å²) in [5, 5.41) is 3.63. The molecule has 0 amide bonds. The van der Waals surface area contributed by atoms with Gasteiger partial charge in [0.15, 0.2) is 0 Å². The van der Waals surface area contributed by atoms with E-state index < -0.39 is 0 Å². The standard InChI is InChI=1S/C15H29NO2/c1-5-9-16-15(11-14(17)18-4)8-6-7-13(10-15)12(2)3/h12-13,16H,5-11H2,1-4H3. The van der Waals surface area contributed by atoms with Crippen LogP contribution in [0.4, 0.5) is 0 Å². The van der Waals surface area contributed by atoms with Gasteiger partial charge in [0.25, 0.3) is 0 Å². The summed E-state index contributed by atoms with van der Waals surface area (Å²) >= 11 is 0. The number of rotatable bonds is 6. The second-order valence-corrected chi connectivity index (χ2v) is 6.06. The molecule has 0 saturated heterocycles. The summed E-state index contributed by atoms with van der Waals surface area (Å²) in [5.74, 6) is 1.35. The van der Waals surface area contributed by atoms with Crippen molar-refractivity contribution < 1.29 is 9.53 Å². The van der Waals surface area contributed by atoms with Crippen LogP contribution in [-0.2, 0) is 9.53 Å². The van der Waals surface area contributed by atoms with Crippen molar-refractivity contribution in [3.05, 3.63) is 0 Å². The molecule has 1 saturated carbocycles. The summed E-state index contributed by atoms with van der Waals surface area (Å²) in [7, 11) is 1.48. The molecule has 0 radical (unpaired) electrons. The molecule has 18 heavy (non-hydrogen) atoms. The van der Waals surface area contributed by atoms with Gasteiger partial charge in [0.2, 0.25) is 0 Å². The van der Waals surface area contributed by atoms with Crippen molar-refractivity contribution in [2.45, 2.75) is 64.8 Å². The lowest BCUT2D eigenvalue weighted by Crippen LogP contribution is -2.51. The molecule has 0 aliphatic heterocycles. The summed E-state index contributed by atoms with van der Waals surface area (Å²) < 4.78 is 4.87. The number of hydrogen-bond acceptors (Lipinski definition) is 3. The van der Waals surface area contributed by atoms with E-state index in [-0.39, 0.29) is 11.5 Å². The van der Waals surface area contributed by atoms with Crippen LogP contribution in [0.2, 0.25) is 0 Å². The summed E-state index contributed by atoms with van der Waals surface area (Å²) in [6, 6.07) is 0. The maximum atomic E-state index is 11.7. The van der Waals surface area contributed by atoms with Gasteiger partial charge in [-0.2, -0.15) is 0 Å². The van der Waals surface area contributed by atoms with E-state index >= 15 is 0 Å². The van der Waals surface area contributed by atoms with E-state index in [2.05, 4.69) is 26.1 Å². The number of esters is 1. The Hall–Kier alpha value is -0.570. The van der Waals surface area contributed by atoms with Crippen LogP contribution in [0.1, 0.15) is 59.3 Å². The number of nitrogens with one attached hydrogen (secondary N) is 1. The molecule has 1 aliphatic rings. The van der Waals surface area contributed by atoms with Gasteiger partial charge in [-0.25, -0.2) is 0 Å². The van der Waals surface area contributed by atoms with Crippen LogP contribution in [0.15, 0.2) is 0 Å². The zero-order valence-electron chi connectivity index (χ0n) is 12.4. The lowest BCUT2D eigenvalue weighted by molar-refractivity contribution is -0.143. The van der Waals surface area contributed by atoms with E-state index in [1.165, 1.54) is 20.0 Å². The van der Waals surface area contributed by atoms with Crippen LogP contribution in [0, 0.1) is 11.8 Å². The van der Waals surface area contributed by atoms with Gasteiger partial charge in [-0.15, -0.1) is 0 Å². The van der Waals surface area contributed by atoms with Gasteiger partial charge < -0.3 is 10.1 Å². The van der Waals surface area contributed by atoms with Gasteiger partial charge in [-0.3, -0.25) is 4.79 Å². The van der Waals surface area contributed by atoms with Gasteiger partial charge in [-0.1, -0.05) is 33.6 Å². The smallest absolute Gasteiger partial charge is 0.307 e. The molecule has 1 N–H and O–H groups in total. The molecule has 0 bridgehead atoms. The molecule has 0 aromatic heterocycles. The van der Waals surface area contributed by atoms with Gasteiger partial charge in [0, 0.05) is 5.54 Å². The molecular weight excluding hydrogens is 226 g/mol.